The maximum atomic E-state index is 4.70. The van der Waals surface area contributed by atoms with Gasteiger partial charge in [-0.25, -0.2) is 13.7 Å². The third-order valence-corrected chi connectivity index (χ3v) is 6.24. The molecule has 1 aliphatic rings. The smallest absolute Gasteiger partial charge is 0.257 e. The molecule has 7 rings (SSSR count). The molecule has 0 saturated heterocycles. The molecule has 0 atom stereocenters. The summed E-state index contributed by atoms with van der Waals surface area (Å²) in [6.45, 7) is 0.769. The number of rotatable bonds is 2. The van der Waals surface area contributed by atoms with Gasteiger partial charge in [0.05, 0.1) is 16.6 Å². The van der Waals surface area contributed by atoms with E-state index < -0.39 is 0 Å². The van der Waals surface area contributed by atoms with Gasteiger partial charge in [-0.3, -0.25) is 4.98 Å². The van der Waals surface area contributed by atoms with Gasteiger partial charge in [-0.15, -0.1) is 0 Å². The van der Waals surface area contributed by atoms with Crippen LogP contribution in [0.5, 0.6) is 0 Å². The molecule has 6 aromatic rings. The van der Waals surface area contributed by atoms with Gasteiger partial charge in [0.15, 0.2) is 5.52 Å². The Labute approximate surface area is 179 Å². The van der Waals surface area contributed by atoms with Crippen molar-refractivity contribution in [3.8, 4) is 22.8 Å². The van der Waals surface area contributed by atoms with Crippen LogP contribution < -0.4 is 4.57 Å². The first kappa shape index (κ1) is 16.6. The monoisotopic (exact) mass is 399 g/mol. The van der Waals surface area contributed by atoms with Crippen LogP contribution in [0.3, 0.4) is 0 Å². The third-order valence-electron chi connectivity index (χ3n) is 6.24. The first-order valence-electron chi connectivity index (χ1n) is 10.5. The molecule has 0 spiro atoms. The molecule has 0 bridgehead atoms. The second kappa shape index (κ2) is 6.16. The summed E-state index contributed by atoms with van der Waals surface area (Å²) in [5.41, 5.74) is 8.29. The zero-order valence-electron chi connectivity index (χ0n) is 16.8. The number of para-hydroxylation sites is 3. The van der Waals surface area contributed by atoms with E-state index in [4.69, 9.17) is 4.98 Å². The minimum Gasteiger partial charge on any atom is -0.257 e. The lowest BCUT2D eigenvalue weighted by molar-refractivity contribution is -0.648. The Morgan fingerprint density at radius 3 is 2.13 bits per heavy atom. The summed E-state index contributed by atoms with van der Waals surface area (Å²) in [5, 5.41) is 1.25. The topological polar surface area (TPSA) is 26.6 Å². The number of fused-ring (bicyclic) bond motifs is 7. The van der Waals surface area contributed by atoms with E-state index in [9.17, 15) is 0 Å². The van der Waals surface area contributed by atoms with Crippen molar-refractivity contribution in [2.45, 2.75) is 6.54 Å². The van der Waals surface area contributed by atoms with Crippen molar-refractivity contribution < 1.29 is 4.57 Å². The molecule has 146 valence electrons. The van der Waals surface area contributed by atoms with Crippen molar-refractivity contribution >= 4 is 22.1 Å². The van der Waals surface area contributed by atoms with E-state index in [0.29, 0.717) is 0 Å². The maximum Gasteiger partial charge on any atom is 0.275 e. The average molecular weight is 399 g/mol. The van der Waals surface area contributed by atoms with E-state index in [1.165, 1.54) is 33.5 Å². The van der Waals surface area contributed by atoms with Crippen LogP contribution in [0.1, 0.15) is 5.69 Å². The van der Waals surface area contributed by atoms with Crippen molar-refractivity contribution in [2.75, 3.05) is 0 Å². The molecule has 0 unspecified atom stereocenters. The zero-order valence-corrected chi connectivity index (χ0v) is 16.8. The second-order valence-corrected chi connectivity index (χ2v) is 7.94. The Morgan fingerprint density at radius 2 is 1.35 bits per heavy atom. The van der Waals surface area contributed by atoms with Gasteiger partial charge in [-0.1, -0.05) is 48.5 Å². The van der Waals surface area contributed by atoms with Crippen LogP contribution in [0.25, 0.3) is 44.8 Å². The summed E-state index contributed by atoms with van der Waals surface area (Å²) in [5.74, 6) is 1.19. The number of hydrogen-bond acceptors (Lipinski definition) is 1. The molecular formula is C27H19N4+. The highest BCUT2D eigenvalue weighted by Gasteiger charge is 2.38. The van der Waals surface area contributed by atoms with Gasteiger partial charge < -0.3 is 0 Å². The number of aromatic nitrogens is 4. The largest absolute Gasteiger partial charge is 0.275 e. The molecule has 4 heteroatoms. The lowest BCUT2D eigenvalue weighted by atomic mass is 10.2. The number of hydrogen-bond donors (Lipinski definition) is 0. The quantitative estimate of drug-likeness (QED) is 0.363. The molecule has 3 aromatic heterocycles. The maximum absolute atomic E-state index is 4.70. The minimum atomic E-state index is 0.769. The van der Waals surface area contributed by atoms with Gasteiger partial charge in [-0.2, -0.15) is 0 Å². The normalized spacial score (nSPS) is 12.4. The van der Waals surface area contributed by atoms with Gasteiger partial charge in [-0.05, 0) is 48.5 Å². The Balaban J connectivity index is 1.73. The van der Waals surface area contributed by atoms with Crippen LogP contribution in [0, 0.1) is 0 Å². The van der Waals surface area contributed by atoms with Gasteiger partial charge in [0.25, 0.3) is 5.65 Å². The van der Waals surface area contributed by atoms with E-state index in [2.05, 4.69) is 105 Å². The van der Waals surface area contributed by atoms with Gasteiger partial charge in [0, 0.05) is 6.20 Å². The molecule has 0 radical (unpaired) electrons. The summed E-state index contributed by atoms with van der Waals surface area (Å²) in [4.78, 5) is 4.70. The lowest BCUT2D eigenvalue weighted by Gasteiger charge is -2.04. The summed E-state index contributed by atoms with van der Waals surface area (Å²) < 4.78 is 7.22. The van der Waals surface area contributed by atoms with Crippen molar-refractivity contribution in [3.05, 3.63) is 109 Å². The van der Waals surface area contributed by atoms with Crippen molar-refractivity contribution in [2.24, 2.45) is 0 Å². The number of benzene rings is 3. The third kappa shape index (κ3) is 2.19. The number of imidazole rings is 1. The fourth-order valence-electron chi connectivity index (χ4n) is 5.01. The van der Waals surface area contributed by atoms with Crippen molar-refractivity contribution in [3.63, 3.8) is 0 Å². The van der Waals surface area contributed by atoms with Gasteiger partial charge in [0.1, 0.15) is 23.4 Å². The van der Waals surface area contributed by atoms with E-state index in [1.807, 2.05) is 12.3 Å². The molecule has 0 amide bonds. The predicted octanol–water partition coefficient (Wildman–Crippen LogP) is 5.29. The fourth-order valence-corrected chi connectivity index (χ4v) is 5.01. The Morgan fingerprint density at radius 1 is 0.677 bits per heavy atom. The van der Waals surface area contributed by atoms with E-state index in [0.717, 1.165) is 23.6 Å². The molecule has 31 heavy (non-hydrogen) atoms. The van der Waals surface area contributed by atoms with Gasteiger partial charge >= 0.3 is 0 Å². The van der Waals surface area contributed by atoms with Crippen molar-refractivity contribution in [1.29, 1.82) is 0 Å². The summed E-state index contributed by atoms with van der Waals surface area (Å²) in [7, 11) is 0. The first-order valence-corrected chi connectivity index (χ1v) is 10.5. The van der Waals surface area contributed by atoms with Crippen LogP contribution in [0.15, 0.2) is 103 Å². The highest BCUT2D eigenvalue weighted by Crippen LogP contribution is 2.38. The summed E-state index contributed by atoms with van der Waals surface area (Å²) in [6.07, 6.45) is 1.89. The molecule has 3 aromatic carbocycles. The predicted molar refractivity (Wildman–Crippen MR) is 123 cm³/mol. The molecule has 0 fully saturated rings. The molecule has 0 saturated carbocycles. The molecule has 0 aliphatic carbocycles. The van der Waals surface area contributed by atoms with E-state index >= 15 is 0 Å². The van der Waals surface area contributed by atoms with Crippen molar-refractivity contribution in [1.82, 2.24) is 14.1 Å². The highest BCUT2D eigenvalue weighted by atomic mass is 15.3. The lowest BCUT2D eigenvalue weighted by Crippen LogP contribution is -2.33. The van der Waals surface area contributed by atoms with Crippen LogP contribution in [0.2, 0.25) is 0 Å². The average Bonchev–Trinajstić information content (AvgIpc) is 3.47. The Kier molecular flexibility index (Phi) is 3.30. The molecule has 4 heterocycles. The Bertz CT molecular complexity index is 1590. The number of pyridine rings is 1. The minimum absolute atomic E-state index is 0.769. The molecule has 0 N–H and O–H groups in total. The van der Waals surface area contributed by atoms with Crippen LogP contribution in [0.4, 0.5) is 0 Å². The standard InChI is InChI=1S/C27H19N4/c1-3-10-19(11-4-1)30-24-16-8-7-14-22(24)25-27(30)29-18-23-21(15-9-17-28-23)26(29)31(25)20-12-5-2-6-13-20/h1-17H,18H2/q+1. The first-order chi connectivity index (χ1) is 15.4. The van der Waals surface area contributed by atoms with E-state index in [-0.39, 0.29) is 0 Å². The van der Waals surface area contributed by atoms with Crippen LogP contribution in [-0.4, -0.2) is 14.1 Å². The summed E-state index contributed by atoms with van der Waals surface area (Å²) >= 11 is 0. The number of nitrogens with zero attached hydrogens (tertiary/aromatic N) is 4. The van der Waals surface area contributed by atoms with E-state index in [1.54, 1.807) is 0 Å². The van der Waals surface area contributed by atoms with Crippen LogP contribution >= 0.6 is 0 Å². The fraction of sp³-hybridized carbons (Fsp3) is 0.0370. The highest BCUT2D eigenvalue weighted by molar-refractivity contribution is 6.06. The summed E-state index contributed by atoms with van der Waals surface area (Å²) in [6, 6.07) is 34.2. The zero-order chi connectivity index (χ0) is 20.4. The molecular weight excluding hydrogens is 380 g/mol. The van der Waals surface area contributed by atoms with Gasteiger partial charge in [0.2, 0.25) is 5.82 Å². The molecule has 4 nitrogen and oxygen atoms in total. The second-order valence-electron chi connectivity index (χ2n) is 7.94. The Hall–Kier alpha value is -4.18. The SMILES string of the molecule is c1ccc(-n2c3[n+](c4c2c2ccccc2n4-c2ccccc2)Cc2ncccc2-3)cc1. The molecule has 1 aliphatic heterocycles. The van der Waals surface area contributed by atoms with Crippen LogP contribution in [-0.2, 0) is 6.54 Å².